The number of hydrogen-bond acceptors (Lipinski definition) is 2. The molecule has 0 radical (unpaired) electrons. The number of ether oxygens (including phenoxy) is 1. The first-order chi connectivity index (χ1) is 9.36. The summed E-state index contributed by atoms with van der Waals surface area (Å²) in [4.78, 5) is 0. The van der Waals surface area contributed by atoms with Gasteiger partial charge >= 0.3 is 0 Å². The van der Waals surface area contributed by atoms with Crippen LogP contribution in [0.5, 0.6) is 5.75 Å². The average molecular weight is 257 g/mol. The lowest BCUT2D eigenvalue weighted by atomic mass is 9.77. The van der Waals surface area contributed by atoms with Crippen LogP contribution in [0.1, 0.15) is 31.2 Å². The fourth-order valence-corrected chi connectivity index (χ4v) is 3.44. The first-order valence-electron chi connectivity index (χ1n) is 7.43. The van der Waals surface area contributed by atoms with Crippen LogP contribution in [-0.4, -0.2) is 19.7 Å². The lowest BCUT2D eigenvalue weighted by Gasteiger charge is -2.36. The van der Waals surface area contributed by atoms with Crippen molar-refractivity contribution in [2.75, 3.05) is 13.7 Å². The number of allylic oxidation sites excluding steroid dienone is 1. The number of piperidine rings is 1. The standard InChI is InChI=1S/C17H23NO/c1-19-15-8-6-13(7-9-15)12-17-16-5-3-2-4-14(16)10-11-18-17/h5-9,14,17-18H,2-4,10-12H2,1H3/t14?,17-/m0/s1. The maximum absolute atomic E-state index is 5.22. The summed E-state index contributed by atoms with van der Waals surface area (Å²) in [7, 11) is 1.72. The van der Waals surface area contributed by atoms with Crippen LogP contribution in [0.25, 0.3) is 0 Å². The molecule has 1 heterocycles. The molecule has 2 atom stereocenters. The summed E-state index contributed by atoms with van der Waals surface area (Å²) >= 11 is 0. The molecule has 1 aromatic rings. The number of methoxy groups -OCH3 is 1. The van der Waals surface area contributed by atoms with E-state index in [9.17, 15) is 0 Å². The van der Waals surface area contributed by atoms with Gasteiger partial charge in [0, 0.05) is 6.04 Å². The molecule has 0 spiro atoms. The Kier molecular flexibility index (Phi) is 3.88. The quantitative estimate of drug-likeness (QED) is 0.839. The maximum atomic E-state index is 5.22. The van der Waals surface area contributed by atoms with Gasteiger partial charge in [-0.15, -0.1) is 0 Å². The minimum absolute atomic E-state index is 0.549. The molecule has 1 aliphatic carbocycles. The van der Waals surface area contributed by atoms with Crippen molar-refractivity contribution in [1.82, 2.24) is 5.32 Å². The highest BCUT2D eigenvalue weighted by Crippen LogP contribution is 2.33. The molecule has 2 aliphatic rings. The largest absolute Gasteiger partial charge is 0.497 e. The van der Waals surface area contributed by atoms with E-state index in [-0.39, 0.29) is 0 Å². The van der Waals surface area contributed by atoms with Crippen LogP contribution in [0.15, 0.2) is 35.9 Å². The van der Waals surface area contributed by atoms with E-state index in [4.69, 9.17) is 4.74 Å². The van der Waals surface area contributed by atoms with Gasteiger partial charge in [-0.25, -0.2) is 0 Å². The zero-order chi connectivity index (χ0) is 13.1. The van der Waals surface area contributed by atoms with E-state index in [1.165, 1.54) is 37.8 Å². The minimum atomic E-state index is 0.549. The topological polar surface area (TPSA) is 21.3 Å². The highest BCUT2D eigenvalue weighted by molar-refractivity contribution is 5.30. The van der Waals surface area contributed by atoms with Crippen LogP contribution in [0, 0.1) is 5.92 Å². The number of nitrogens with one attached hydrogen (secondary N) is 1. The average Bonchev–Trinajstić information content (AvgIpc) is 2.48. The van der Waals surface area contributed by atoms with Crippen molar-refractivity contribution in [2.45, 2.75) is 38.1 Å². The second kappa shape index (κ2) is 5.79. The second-order valence-electron chi connectivity index (χ2n) is 5.68. The van der Waals surface area contributed by atoms with Crippen LogP contribution < -0.4 is 10.1 Å². The number of hydrogen-bond donors (Lipinski definition) is 1. The van der Waals surface area contributed by atoms with Gasteiger partial charge in [-0.2, -0.15) is 0 Å². The maximum Gasteiger partial charge on any atom is 0.118 e. The van der Waals surface area contributed by atoms with Crippen LogP contribution in [0.2, 0.25) is 0 Å². The molecule has 102 valence electrons. The molecule has 19 heavy (non-hydrogen) atoms. The molecule has 3 rings (SSSR count). The molecule has 1 aliphatic heterocycles. The van der Waals surface area contributed by atoms with Gasteiger partial charge in [0.15, 0.2) is 0 Å². The van der Waals surface area contributed by atoms with Crippen molar-refractivity contribution in [3.8, 4) is 5.75 Å². The molecule has 2 nitrogen and oxygen atoms in total. The first-order valence-corrected chi connectivity index (χ1v) is 7.43. The fraction of sp³-hybridized carbons (Fsp3) is 0.529. The highest BCUT2D eigenvalue weighted by Gasteiger charge is 2.28. The van der Waals surface area contributed by atoms with Gasteiger partial charge in [0.1, 0.15) is 5.75 Å². The highest BCUT2D eigenvalue weighted by atomic mass is 16.5. The Balaban J connectivity index is 1.72. The number of rotatable bonds is 3. The summed E-state index contributed by atoms with van der Waals surface area (Å²) in [6, 6.07) is 9.05. The van der Waals surface area contributed by atoms with E-state index in [2.05, 4.69) is 35.7 Å². The Morgan fingerprint density at radius 1 is 1.21 bits per heavy atom. The van der Waals surface area contributed by atoms with Crippen LogP contribution >= 0.6 is 0 Å². The first kappa shape index (κ1) is 12.7. The predicted octanol–water partition coefficient (Wildman–Crippen LogP) is 3.33. The smallest absolute Gasteiger partial charge is 0.118 e. The molecular formula is C17H23NO. The Hall–Kier alpha value is -1.28. The summed E-state index contributed by atoms with van der Waals surface area (Å²) in [5.41, 5.74) is 3.07. The molecule has 0 amide bonds. The summed E-state index contributed by atoms with van der Waals surface area (Å²) in [5, 5.41) is 3.70. The Morgan fingerprint density at radius 2 is 2.05 bits per heavy atom. The molecule has 1 unspecified atom stereocenters. The van der Waals surface area contributed by atoms with Gasteiger partial charge < -0.3 is 10.1 Å². The van der Waals surface area contributed by atoms with Gasteiger partial charge in [-0.3, -0.25) is 0 Å². The van der Waals surface area contributed by atoms with Crippen molar-refractivity contribution in [3.63, 3.8) is 0 Å². The van der Waals surface area contributed by atoms with E-state index >= 15 is 0 Å². The van der Waals surface area contributed by atoms with Crippen LogP contribution in [0.4, 0.5) is 0 Å². The molecular weight excluding hydrogens is 234 g/mol. The molecule has 1 aromatic carbocycles. The normalized spacial score (nSPS) is 26.5. The van der Waals surface area contributed by atoms with Crippen LogP contribution in [0.3, 0.4) is 0 Å². The fourth-order valence-electron chi connectivity index (χ4n) is 3.44. The molecule has 2 heteroatoms. The van der Waals surface area contributed by atoms with Gasteiger partial charge in [0.2, 0.25) is 0 Å². The van der Waals surface area contributed by atoms with Gasteiger partial charge in [-0.05, 0) is 62.3 Å². The van der Waals surface area contributed by atoms with E-state index in [0.29, 0.717) is 6.04 Å². The van der Waals surface area contributed by atoms with Gasteiger partial charge in [0.25, 0.3) is 0 Å². The Labute approximate surface area is 115 Å². The van der Waals surface area contributed by atoms with Crippen molar-refractivity contribution >= 4 is 0 Å². The molecule has 1 fully saturated rings. The van der Waals surface area contributed by atoms with E-state index in [1.807, 2.05) is 0 Å². The van der Waals surface area contributed by atoms with Crippen molar-refractivity contribution in [1.29, 1.82) is 0 Å². The third-order valence-electron chi connectivity index (χ3n) is 4.49. The Bertz CT molecular complexity index is 449. The van der Waals surface area contributed by atoms with E-state index < -0.39 is 0 Å². The summed E-state index contributed by atoms with van der Waals surface area (Å²) < 4.78 is 5.22. The van der Waals surface area contributed by atoms with Gasteiger partial charge in [0.05, 0.1) is 7.11 Å². The molecule has 1 N–H and O–H groups in total. The molecule has 0 aromatic heterocycles. The lowest BCUT2D eigenvalue weighted by molar-refractivity contribution is 0.358. The minimum Gasteiger partial charge on any atom is -0.497 e. The zero-order valence-corrected chi connectivity index (χ0v) is 11.7. The van der Waals surface area contributed by atoms with Crippen LogP contribution in [-0.2, 0) is 6.42 Å². The van der Waals surface area contributed by atoms with Crippen molar-refractivity contribution in [3.05, 3.63) is 41.5 Å². The third kappa shape index (κ3) is 2.84. The monoisotopic (exact) mass is 257 g/mol. The Morgan fingerprint density at radius 3 is 2.84 bits per heavy atom. The second-order valence-corrected chi connectivity index (χ2v) is 5.68. The van der Waals surface area contributed by atoms with E-state index in [0.717, 1.165) is 18.1 Å². The number of fused-ring (bicyclic) bond motifs is 1. The summed E-state index contributed by atoms with van der Waals surface area (Å²) in [5.74, 6) is 1.79. The summed E-state index contributed by atoms with van der Waals surface area (Å²) in [6.07, 6.45) is 8.97. The molecule has 1 saturated heterocycles. The third-order valence-corrected chi connectivity index (χ3v) is 4.49. The zero-order valence-electron chi connectivity index (χ0n) is 11.7. The predicted molar refractivity (Wildman–Crippen MR) is 78.5 cm³/mol. The van der Waals surface area contributed by atoms with Gasteiger partial charge in [-0.1, -0.05) is 23.8 Å². The number of benzene rings is 1. The van der Waals surface area contributed by atoms with Crippen molar-refractivity contribution in [2.24, 2.45) is 5.92 Å². The lowest BCUT2D eigenvalue weighted by Crippen LogP contribution is -2.42. The van der Waals surface area contributed by atoms with E-state index in [1.54, 1.807) is 12.7 Å². The summed E-state index contributed by atoms with van der Waals surface area (Å²) in [6.45, 7) is 1.17. The molecule has 0 saturated carbocycles. The SMILES string of the molecule is COc1ccc(C[C@@H]2NCCC3CCCC=C32)cc1. The molecule has 0 bridgehead atoms. The van der Waals surface area contributed by atoms with Crippen molar-refractivity contribution < 1.29 is 4.74 Å².